The lowest BCUT2D eigenvalue weighted by Crippen LogP contribution is -2.46. The van der Waals surface area contributed by atoms with Crippen LogP contribution in [0.25, 0.3) is 10.9 Å². The van der Waals surface area contributed by atoms with Crippen molar-refractivity contribution in [1.82, 2.24) is 24.8 Å². The maximum absolute atomic E-state index is 4.55. The van der Waals surface area contributed by atoms with Gasteiger partial charge in [0.2, 0.25) is 0 Å². The van der Waals surface area contributed by atoms with Crippen LogP contribution in [0.2, 0.25) is 0 Å². The SMILES string of the molecule is Cl.Cn1ccnc1C1CNCCN1Cc1ccc2ncccc2c1. The van der Waals surface area contributed by atoms with Crippen molar-refractivity contribution in [3.63, 3.8) is 0 Å². The topological polar surface area (TPSA) is 46.0 Å². The predicted molar refractivity (Wildman–Crippen MR) is 98.2 cm³/mol. The van der Waals surface area contributed by atoms with Crippen LogP contribution in [0.15, 0.2) is 48.9 Å². The third kappa shape index (κ3) is 3.29. The van der Waals surface area contributed by atoms with E-state index in [1.165, 1.54) is 10.9 Å². The maximum Gasteiger partial charge on any atom is 0.127 e. The van der Waals surface area contributed by atoms with Crippen molar-refractivity contribution in [3.05, 3.63) is 60.3 Å². The molecule has 1 aromatic carbocycles. The summed E-state index contributed by atoms with van der Waals surface area (Å²) in [5.41, 5.74) is 2.38. The van der Waals surface area contributed by atoms with E-state index in [1.54, 1.807) is 0 Å². The van der Waals surface area contributed by atoms with Crippen molar-refractivity contribution < 1.29 is 0 Å². The van der Waals surface area contributed by atoms with Crippen LogP contribution in [-0.2, 0) is 13.6 Å². The van der Waals surface area contributed by atoms with Crippen LogP contribution in [-0.4, -0.2) is 39.1 Å². The highest BCUT2D eigenvalue weighted by Gasteiger charge is 2.26. The Kier molecular flexibility index (Phi) is 5.14. The first-order valence-electron chi connectivity index (χ1n) is 8.07. The van der Waals surface area contributed by atoms with Gasteiger partial charge in [-0.25, -0.2) is 4.98 Å². The number of imidazole rings is 1. The van der Waals surface area contributed by atoms with Crippen LogP contribution in [0, 0.1) is 0 Å². The van der Waals surface area contributed by atoms with Crippen LogP contribution >= 0.6 is 12.4 Å². The van der Waals surface area contributed by atoms with Gasteiger partial charge >= 0.3 is 0 Å². The Hall–Kier alpha value is -1.95. The normalized spacial score (nSPS) is 18.5. The van der Waals surface area contributed by atoms with Gasteiger partial charge in [0, 0.05) is 57.2 Å². The molecule has 1 aliphatic rings. The molecule has 1 atom stereocenters. The molecule has 0 spiro atoms. The number of fused-ring (bicyclic) bond motifs is 1. The Balaban J connectivity index is 0.00000169. The lowest BCUT2D eigenvalue weighted by atomic mass is 10.1. The molecule has 5 nitrogen and oxygen atoms in total. The molecule has 1 aliphatic heterocycles. The molecule has 0 saturated carbocycles. The largest absolute Gasteiger partial charge is 0.337 e. The van der Waals surface area contributed by atoms with Gasteiger partial charge in [0.05, 0.1) is 11.6 Å². The van der Waals surface area contributed by atoms with E-state index in [-0.39, 0.29) is 12.4 Å². The number of pyridine rings is 1. The van der Waals surface area contributed by atoms with Gasteiger partial charge in [-0.3, -0.25) is 9.88 Å². The number of nitrogens with zero attached hydrogens (tertiary/aromatic N) is 4. The predicted octanol–water partition coefficient (Wildman–Crippen LogP) is 2.54. The molecule has 1 N–H and O–H groups in total. The molecule has 24 heavy (non-hydrogen) atoms. The van der Waals surface area contributed by atoms with Gasteiger partial charge in [-0.2, -0.15) is 0 Å². The summed E-state index contributed by atoms with van der Waals surface area (Å²) in [5, 5.41) is 4.69. The molecule has 1 saturated heterocycles. The van der Waals surface area contributed by atoms with Crippen LogP contribution in [0.4, 0.5) is 0 Å². The molecule has 2 aromatic heterocycles. The number of hydrogen-bond acceptors (Lipinski definition) is 4. The first-order valence-corrected chi connectivity index (χ1v) is 8.07. The average molecular weight is 344 g/mol. The molecule has 0 aliphatic carbocycles. The van der Waals surface area contributed by atoms with Gasteiger partial charge in [0.1, 0.15) is 5.82 Å². The molecule has 0 bridgehead atoms. The molecule has 0 radical (unpaired) electrons. The first kappa shape index (κ1) is 16.9. The van der Waals surface area contributed by atoms with E-state index < -0.39 is 0 Å². The second kappa shape index (κ2) is 7.30. The molecular weight excluding hydrogens is 322 g/mol. The molecule has 3 heterocycles. The molecule has 1 unspecified atom stereocenters. The maximum atomic E-state index is 4.55. The van der Waals surface area contributed by atoms with Crippen LogP contribution in [0.1, 0.15) is 17.4 Å². The molecule has 3 aromatic rings. The lowest BCUT2D eigenvalue weighted by molar-refractivity contribution is 0.145. The zero-order chi connectivity index (χ0) is 15.6. The van der Waals surface area contributed by atoms with Crippen LogP contribution < -0.4 is 5.32 Å². The Morgan fingerprint density at radius 1 is 1.21 bits per heavy atom. The van der Waals surface area contributed by atoms with E-state index in [9.17, 15) is 0 Å². The fourth-order valence-corrected chi connectivity index (χ4v) is 3.35. The van der Waals surface area contributed by atoms with Crippen molar-refractivity contribution in [3.8, 4) is 0 Å². The molecule has 4 rings (SSSR count). The molecule has 126 valence electrons. The van der Waals surface area contributed by atoms with Gasteiger partial charge in [0.15, 0.2) is 0 Å². The highest BCUT2D eigenvalue weighted by molar-refractivity contribution is 5.85. The Morgan fingerprint density at radius 2 is 2.12 bits per heavy atom. The molecule has 6 heteroatoms. The van der Waals surface area contributed by atoms with Gasteiger partial charge in [-0.1, -0.05) is 12.1 Å². The van der Waals surface area contributed by atoms with Crippen LogP contribution in [0.3, 0.4) is 0 Å². The minimum absolute atomic E-state index is 0. The third-order valence-electron chi connectivity index (χ3n) is 4.56. The summed E-state index contributed by atoms with van der Waals surface area (Å²) in [6, 6.07) is 11.0. The zero-order valence-corrected chi connectivity index (χ0v) is 14.5. The van der Waals surface area contributed by atoms with E-state index in [0.29, 0.717) is 6.04 Å². The summed E-state index contributed by atoms with van der Waals surface area (Å²) >= 11 is 0. The minimum atomic E-state index is 0. The van der Waals surface area contributed by atoms with Gasteiger partial charge in [-0.05, 0) is 23.8 Å². The average Bonchev–Trinajstić information content (AvgIpc) is 3.01. The minimum Gasteiger partial charge on any atom is -0.337 e. The Labute approximate surface area is 148 Å². The zero-order valence-electron chi connectivity index (χ0n) is 13.7. The van der Waals surface area contributed by atoms with Crippen molar-refractivity contribution in [1.29, 1.82) is 0 Å². The van der Waals surface area contributed by atoms with Crippen molar-refractivity contribution >= 4 is 23.3 Å². The fourth-order valence-electron chi connectivity index (χ4n) is 3.35. The van der Waals surface area contributed by atoms with Crippen molar-refractivity contribution in [2.75, 3.05) is 19.6 Å². The smallest absolute Gasteiger partial charge is 0.127 e. The van der Waals surface area contributed by atoms with Gasteiger partial charge < -0.3 is 9.88 Å². The first-order chi connectivity index (χ1) is 11.3. The monoisotopic (exact) mass is 343 g/mol. The second-order valence-electron chi connectivity index (χ2n) is 6.12. The number of aryl methyl sites for hydroxylation is 1. The van der Waals surface area contributed by atoms with Crippen molar-refractivity contribution in [2.24, 2.45) is 7.05 Å². The molecule has 1 fully saturated rings. The summed E-state index contributed by atoms with van der Waals surface area (Å²) in [7, 11) is 2.07. The number of rotatable bonds is 3. The number of nitrogens with one attached hydrogen (secondary N) is 1. The molecular formula is C18H22ClN5. The number of benzene rings is 1. The van der Waals surface area contributed by atoms with E-state index in [4.69, 9.17) is 0 Å². The van der Waals surface area contributed by atoms with Crippen molar-refractivity contribution in [2.45, 2.75) is 12.6 Å². The van der Waals surface area contributed by atoms with E-state index in [1.807, 2.05) is 24.7 Å². The molecule has 0 amide bonds. The standard InChI is InChI=1S/C18H21N5.ClH/c1-22-9-8-21-18(22)17-12-19-7-10-23(17)13-14-4-5-16-15(11-14)3-2-6-20-16;/h2-6,8-9,11,17,19H,7,10,12-13H2,1H3;1H. The van der Waals surface area contributed by atoms with Gasteiger partial charge in [0.25, 0.3) is 0 Å². The summed E-state index contributed by atoms with van der Waals surface area (Å²) in [4.78, 5) is 11.5. The summed E-state index contributed by atoms with van der Waals surface area (Å²) in [6.45, 7) is 3.93. The second-order valence-corrected chi connectivity index (χ2v) is 6.12. The highest BCUT2D eigenvalue weighted by atomic mass is 35.5. The number of aromatic nitrogens is 3. The van der Waals surface area contributed by atoms with E-state index >= 15 is 0 Å². The van der Waals surface area contributed by atoms with Gasteiger partial charge in [-0.15, -0.1) is 12.4 Å². The summed E-state index contributed by atoms with van der Waals surface area (Å²) < 4.78 is 2.12. The number of halogens is 1. The van der Waals surface area contributed by atoms with E-state index in [2.05, 4.69) is 56.1 Å². The Bertz CT molecular complexity index is 816. The highest BCUT2D eigenvalue weighted by Crippen LogP contribution is 2.23. The fraction of sp³-hybridized carbons (Fsp3) is 0.333. The van der Waals surface area contributed by atoms with Crippen LogP contribution in [0.5, 0.6) is 0 Å². The summed E-state index contributed by atoms with van der Waals surface area (Å²) in [5.74, 6) is 1.12. The number of hydrogen-bond donors (Lipinski definition) is 1. The number of piperazine rings is 1. The summed E-state index contributed by atoms with van der Waals surface area (Å²) in [6.07, 6.45) is 5.74. The Morgan fingerprint density at radius 3 is 2.96 bits per heavy atom. The third-order valence-corrected chi connectivity index (χ3v) is 4.56. The quantitative estimate of drug-likeness (QED) is 0.794. The van der Waals surface area contributed by atoms with E-state index in [0.717, 1.165) is 37.5 Å². The lowest BCUT2D eigenvalue weighted by Gasteiger charge is -2.35.